The minimum atomic E-state index is -0.781. The number of ether oxygens (including phenoxy) is 2. The number of hydrogen-bond donors (Lipinski definition) is 1. The average Bonchev–Trinajstić information content (AvgIpc) is 3.27. The van der Waals surface area contributed by atoms with Crippen LogP contribution in [-0.2, 0) is 19.1 Å². The molecule has 3 heterocycles. The molecule has 1 aromatic heterocycles. The zero-order chi connectivity index (χ0) is 17.3. The van der Waals surface area contributed by atoms with Gasteiger partial charge in [0.1, 0.15) is 12.2 Å². The summed E-state index contributed by atoms with van der Waals surface area (Å²) in [6.45, 7) is 2.05. The molecule has 2 aliphatic heterocycles. The second-order valence-corrected chi connectivity index (χ2v) is 7.74. The molecule has 1 spiro atoms. The van der Waals surface area contributed by atoms with Crippen molar-refractivity contribution < 1.29 is 28.6 Å². The highest BCUT2D eigenvalue weighted by molar-refractivity contribution is 5.95. The van der Waals surface area contributed by atoms with Crippen molar-refractivity contribution in [1.82, 2.24) is 0 Å². The van der Waals surface area contributed by atoms with E-state index in [-0.39, 0.29) is 30.0 Å². The van der Waals surface area contributed by atoms with Gasteiger partial charge in [0, 0.05) is 17.9 Å². The quantitative estimate of drug-likeness (QED) is 0.787. The third-order valence-corrected chi connectivity index (χ3v) is 6.70. The highest BCUT2D eigenvalue weighted by Gasteiger charge is 2.64. The predicted molar refractivity (Wildman–Crippen MR) is 84.0 cm³/mol. The van der Waals surface area contributed by atoms with Crippen molar-refractivity contribution in [2.45, 2.75) is 50.9 Å². The van der Waals surface area contributed by atoms with E-state index >= 15 is 0 Å². The number of carbonyl (C=O) groups excluding carboxylic acids is 2. The van der Waals surface area contributed by atoms with Crippen molar-refractivity contribution in [2.24, 2.45) is 17.3 Å². The Labute approximate surface area is 144 Å². The van der Waals surface area contributed by atoms with E-state index in [1.54, 1.807) is 12.5 Å². The Hall–Kier alpha value is -2.08. The molecular formula is C19H20O6. The first-order chi connectivity index (χ1) is 12.0. The summed E-state index contributed by atoms with van der Waals surface area (Å²) in [5.41, 5.74) is 1.45. The SMILES string of the molecule is C[C@@H]1C[C@H]2OC(=O)C3=C2[C@H](CC[C@H]3O)[C@@]12C[C@@H](c1ccoc1)OC2=O. The van der Waals surface area contributed by atoms with E-state index in [1.807, 2.05) is 13.0 Å². The normalized spacial score (nSPS) is 42.6. The minimum absolute atomic E-state index is 0.0399. The molecular weight excluding hydrogens is 324 g/mol. The van der Waals surface area contributed by atoms with Crippen molar-refractivity contribution in [2.75, 3.05) is 0 Å². The molecule has 4 aliphatic rings. The second kappa shape index (κ2) is 4.97. The Morgan fingerprint density at radius 3 is 2.80 bits per heavy atom. The first-order valence-electron chi connectivity index (χ1n) is 8.88. The number of hydrogen-bond acceptors (Lipinski definition) is 6. The van der Waals surface area contributed by atoms with E-state index < -0.39 is 17.5 Å². The van der Waals surface area contributed by atoms with Crippen LogP contribution >= 0.6 is 0 Å². The first kappa shape index (κ1) is 15.2. The van der Waals surface area contributed by atoms with Crippen LogP contribution in [0.1, 0.15) is 44.3 Å². The number of fused-ring (bicyclic) bond motifs is 1. The van der Waals surface area contributed by atoms with E-state index in [0.717, 1.165) is 11.1 Å². The Balaban J connectivity index is 1.61. The van der Waals surface area contributed by atoms with Crippen LogP contribution in [0.5, 0.6) is 0 Å². The third-order valence-electron chi connectivity index (χ3n) is 6.70. The molecule has 25 heavy (non-hydrogen) atoms. The number of aliphatic hydroxyl groups excluding tert-OH is 1. The van der Waals surface area contributed by atoms with Gasteiger partial charge in [-0.05, 0) is 36.8 Å². The van der Waals surface area contributed by atoms with Gasteiger partial charge in [-0.25, -0.2) is 4.79 Å². The van der Waals surface area contributed by atoms with Gasteiger partial charge in [-0.15, -0.1) is 0 Å². The van der Waals surface area contributed by atoms with Crippen molar-refractivity contribution in [3.8, 4) is 0 Å². The van der Waals surface area contributed by atoms with Crippen LogP contribution in [0.4, 0.5) is 0 Å². The number of esters is 2. The predicted octanol–water partition coefficient (Wildman–Crippen LogP) is 2.29. The van der Waals surface area contributed by atoms with Gasteiger partial charge in [-0.2, -0.15) is 0 Å². The van der Waals surface area contributed by atoms with Crippen LogP contribution in [-0.4, -0.2) is 29.3 Å². The summed E-state index contributed by atoms with van der Waals surface area (Å²) in [5, 5.41) is 10.3. The molecule has 1 N–H and O–H groups in total. The fraction of sp³-hybridized carbons (Fsp3) is 0.579. The molecule has 1 aromatic rings. The Morgan fingerprint density at radius 1 is 1.20 bits per heavy atom. The molecule has 1 saturated carbocycles. The fourth-order valence-corrected chi connectivity index (χ4v) is 5.50. The van der Waals surface area contributed by atoms with Gasteiger partial charge in [-0.3, -0.25) is 4.79 Å². The standard InChI is InChI=1S/C19H20O6/c1-9-6-13-15-11(2-3-12(20)16(15)17(21)24-13)19(9)7-14(25-18(19)22)10-4-5-23-8-10/h4-5,8-9,11-14,20H,2-3,6-7H2,1H3/t9-,11+,12-,13-,14+,19-/m1/s1. The molecule has 5 rings (SSSR count). The van der Waals surface area contributed by atoms with Gasteiger partial charge in [-0.1, -0.05) is 6.92 Å². The van der Waals surface area contributed by atoms with E-state index in [2.05, 4.69) is 0 Å². The van der Waals surface area contributed by atoms with Crippen LogP contribution in [0.15, 0.2) is 34.2 Å². The van der Waals surface area contributed by atoms with Gasteiger partial charge in [0.05, 0.1) is 29.6 Å². The Kier molecular flexibility index (Phi) is 3.02. The minimum Gasteiger partial charge on any atom is -0.472 e. The fourth-order valence-electron chi connectivity index (χ4n) is 5.50. The smallest absolute Gasteiger partial charge is 0.337 e. The molecule has 1 saturated heterocycles. The Morgan fingerprint density at radius 2 is 2.04 bits per heavy atom. The maximum atomic E-state index is 13.1. The van der Waals surface area contributed by atoms with Crippen LogP contribution in [0.3, 0.4) is 0 Å². The van der Waals surface area contributed by atoms with Gasteiger partial charge in [0.15, 0.2) is 0 Å². The van der Waals surface area contributed by atoms with Gasteiger partial charge in [0.2, 0.25) is 0 Å². The number of furan rings is 1. The highest BCUT2D eigenvalue weighted by atomic mass is 16.6. The molecule has 0 aromatic carbocycles. The summed E-state index contributed by atoms with van der Waals surface area (Å²) < 4.78 is 16.4. The second-order valence-electron chi connectivity index (χ2n) is 7.74. The summed E-state index contributed by atoms with van der Waals surface area (Å²) in [7, 11) is 0. The lowest BCUT2D eigenvalue weighted by Crippen LogP contribution is -2.50. The summed E-state index contributed by atoms with van der Waals surface area (Å²) in [6, 6.07) is 1.82. The molecule has 132 valence electrons. The van der Waals surface area contributed by atoms with Crippen LogP contribution < -0.4 is 0 Å². The first-order valence-corrected chi connectivity index (χ1v) is 8.88. The molecule has 6 heteroatoms. The number of rotatable bonds is 1. The van der Waals surface area contributed by atoms with Gasteiger partial charge in [0.25, 0.3) is 0 Å². The lowest BCUT2D eigenvalue weighted by molar-refractivity contribution is -0.156. The topological polar surface area (TPSA) is 86.0 Å². The maximum Gasteiger partial charge on any atom is 0.337 e. The molecule has 0 unspecified atom stereocenters. The van der Waals surface area contributed by atoms with Crippen molar-refractivity contribution >= 4 is 11.9 Å². The number of cyclic esters (lactones) is 1. The van der Waals surface area contributed by atoms with E-state index in [0.29, 0.717) is 31.3 Å². The zero-order valence-electron chi connectivity index (χ0n) is 13.9. The summed E-state index contributed by atoms with van der Waals surface area (Å²) >= 11 is 0. The summed E-state index contributed by atoms with van der Waals surface area (Å²) in [6.07, 6.45) is 4.11. The third kappa shape index (κ3) is 1.83. The Bertz CT molecular complexity index is 778. The number of aliphatic hydroxyl groups is 1. The van der Waals surface area contributed by atoms with Crippen LogP contribution in [0.2, 0.25) is 0 Å². The molecule has 0 amide bonds. The monoisotopic (exact) mass is 344 g/mol. The molecule has 6 nitrogen and oxygen atoms in total. The van der Waals surface area contributed by atoms with Crippen LogP contribution in [0, 0.1) is 17.3 Å². The average molecular weight is 344 g/mol. The molecule has 2 aliphatic carbocycles. The van der Waals surface area contributed by atoms with Crippen molar-refractivity contribution in [3.05, 3.63) is 35.3 Å². The van der Waals surface area contributed by atoms with Gasteiger partial charge >= 0.3 is 11.9 Å². The molecule has 6 atom stereocenters. The molecule has 0 radical (unpaired) electrons. The lowest BCUT2D eigenvalue weighted by Gasteiger charge is -2.47. The van der Waals surface area contributed by atoms with Crippen molar-refractivity contribution in [3.63, 3.8) is 0 Å². The highest BCUT2D eigenvalue weighted by Crippen LogP contribution is 2.62. The molecule has 2 fully saturated rings. The largest absolute Gasteiger partial charge is 0.472 e. The van der Waals surface area contributed by atoms with Crippen LogP contribution in [0.25, 0.3) is 0 Å². The van der Waals surface area contributed by atoms with Crippen molar-refractivity contribution in [1.29, 1.82) is 0 Å². The number of carbonyl (C=O) groups is 2. The molecule has 0 bridgehead atoms. The maximum absolute atomic E-state index is 13.1. The van der Waals surface area contributed by atoms with E-state index in [4.69, 9.17) is 13.9 Å². The van der Waals surface area contributed by atoms with Gasteiger partial charge < -0.3 is 19.0 Å². The summed E-state index contributed by atoms with van der Waals surface area (Å²) in [4.78, 5) is 25.3. The lowest BCUT2D eigenvalue weighted by atomic mass is 9.53. The van der Waals surface area contributed by atoms with E-state index in [9.17, 15) is 14.7 Å². The van der Waals surface area contributed by atoms with E-state index in [1.165, 1.54) is 0 Å². The zero-order valence-corrected chi connectivity index (χ0v) is 13.9. The summed E-state index contributed by atoms with van der Waals surface area (Å²) in [5.74, 6) is -0.676.